The number of unbranched alkanes of at least 4 members (excludes halogenated alkanes) is 3. The second-order valence-electron chi connectivity index (χ2n) is 4.38. The van der Waals surface area contributed by atoms with Crippen molar-refractivity contribution in [1.82, 2.24) is 0 Å². The van der Waals surface area contributed by atoms with Gasteiger partial charge in [-0.25, -0.2) is 0 Å². The summed E-state index contributed by atoms with van der Waals surface area (Å²) in [6, 6.07) is 7.71. The molecule has 1 aromatic carbocycles. The molecule has 0 aliphatic carbocycles. The van der Waals surface area contributed by atoms with Gasteiger partial charge in [-0.05, 0) is 37.3 Å². The Balaban J connectivity index is 2.23. The molecule has 0 saturated heterocycles. The fourth-order valence-corrected chi connectivity index (χ4v) is 2.08. The molecule has 0 fully saturated rings. The minimum Gasteiger partial charge on any atom is -0.393 e. The van der Waals surface area contributed by atoms with Crippen LogP contribution in [0.15, 0.2) is 36.9 Å². The topological polar surface area (TPSA) is 20.2 Å². The molecule has 0 saturated carbocycles. The smallest absolute Gasteiger partial charge is 0.0581 e. The maximum Gasteiger partial charge on any atom is 0.0581 e. The number of aliphatic hydroxyl groups is 1. The van der Waals surface area contributed by atoms with Crippen LogP contribution in [0.2, 0.25) is 5.02 Å². The Bertz CT molecular complexity index is 335. The summed E-state index contributed by atoms with van der Waals surface area (Å²) in [6.45, 7) is 3.69. The molecule has 17 heavy (non-hydrogen) atoms. The van der Waals surface area contributed by atoms with Crippen LogP contribution in [0.1, 0.15) is 37.7 Å². The summed E-state index contributed by atoms with van der Waals surface area (Å²) in [5, 5.41) is 10.7. The maximum atomic E-state index is 9.90. The molecule has 0 aliphatic heterocycles. The summed E-state index contributed by atoms with van der Waals surface area (Å²) in [5.41, 5.74) is 1.03. The van der Waals surface area contributed by atoms with Gasteiger partial charge >= 0.3 is 0 Å². The predicted octanol–water partition coefficient (Wildman–Crippen LogP) is 4.38. The van der Waals surface area contributed by atoms with Gasteiger partial charge in [-0.2, -0.15) is 0 Å². The van der Waals surface area contributed by atoms with E-state index in [4.69, 9.17) is 11.6 Å². The van der Waals surface area contributed by atoms with Crippen molar-refractivity contribution in [3.63, 3.8) is 0 Å². The Hall–Kier alpha value is -0.790. The van der Waals surface area contributed by atoms with Gasteiger partial charge in [0.2, 0.25) is 0 Å². The third kappa shape index (κ3) is 5.90. The number of benzene rings is 1. The van der Waals surface area contributed by atoms with Crippen LogP contribution in [-0.4, -0.2) is 11.2 Å². The lowest BCUT2D eigenvalue weighted by Crippen LogP contribution is -2.10. The number of allylic oxidation sites excluding steroid dienone is 1. The van der Waals surface area contributed by atoms with Gasteiger partial charge in [0.25, 0.3) is 0 Å². The molecule has 0 aromatic heterocycles. The summed E-state index contributed by atoms with van der Waals surface area (Å²) in [7, 11) is 0. The first-order chi connectivity index (χ1) is 8.24. The van der Waals surface area contributed by atoms with Crippen LogP contribution in [0.5, 0.6) is 0 Å². The highest BCUT2D eigenvalue weighted by atomic mass is 35.5. The largest absolute Gasteiger partial charge is 0.393 e. The second-order valence-corrected chi connectivity index (χ2v) is 4.78. The van der Waals surface area contributed by atoms with Gasteiger partial charge in [-0.3, -0.25) is 0 Å². The van der Waals surface area contributed by atoms with Crippen LogP contribution in [0.3, 0.4) is 0 Å². The quantitative estimate of drug-likeness (QED) is 0.538. The highest BCUT2D eigenvalue weighted by molar-refractivity contribution is 6.31. The van der Waals surface area contributed by atoms with E-state index >= 15 is 0 Å². The molecule has 1 nitrogen and oxygen atoms in total. The number of hydrogen-bond acceptors (Lipinski definition) is 1. The SMILES string of the molecule is C=CCCCCCC(O)Cc1ccccc1Cl. The summed E-state index contributed by atoms with van der Waals surface area (Å²) in [4.78, 5) is 0. The zero-order valence-electron chi connectivity index (χ0n) is 10.2. The maximum absolute atomic E-state index is 9.90. The Morgan fingerprint density at radius 3 is 2.71 bits per heavy atom. The lowest BCUT2D eigenvalue weighted by molar-refractivity contribution is 0.161. The van der Waals surface area contributed by atoms with E-state index < -0.39 is 0 Å². The van der Waals surface area contributed by atoms with Crippen molar-refractivity contribution in [2.45, 2.75) is 44.6 Å². The Morgan fingerprint density at radius 2 is 2.00 bits per heavy atom. The summed E-state index contributed by atoms with van der Waals surface area (Å²) >= 11 is 6.05. The average molecular weight is 253 g/mol. The van der Waals surface area contributed by atoms with Gasteiger partial charge < -0.3 is 5.11 Å². The van der Waals surface area contributed by atoms with Crippen molar-refractivity contribution < 1.29 is 5.11 Å². The molecule has 1 rings (SSSR count). The Labute approximate surface area is 109 Å². The zero-order valence-corrected chi connectivity index (χ0v) is 11.0. The molecule has 0 radical (unpaired) electrons. The monoisotopic (exact) mass is 252 g/mol. The van der Waals surface area contributed by atoms with Gasteiger partial charge in [0.05, 0.1) is 6.10 Å². The van der Waals surface area contributed by atoms with Crippen molar-refractivity contribution in [1.29, 1.82) is 0 Å². The van der Waals surface area contributed by atoms with Crippen molar-refractivity contribution in [2.24, 2.45) is 0 Å². The van der Waals surface area contributed by atoms with E-state index in [-0.39, 0.29) is 6.10 Å². The number of halogens is 1. The van der Waals surface area contributed by atoms with Crippen molar-refractivity contribution in [2.75, 3.05) is 0 Å². The summed E-state index contributed by atoms with van der Waals surface area (Å²) in [6.07, 6.45) is 7.64. The molecule has 0 heterocycles. The van der Waals surface area contributed by atoms with E-state index in [1.54, 1.807) is 0 Å². The van der Waals surface area contributed by atoms with Gasteiger partial charge in [0.1, 0.15) is 0 Å². The third-order valence-electron chi connectivity index (χ3n) is 2.86. The van der Waals surface area contributed by atoms with E-state index in [9.17, 15) is 5.11 Å². The number of aliphatic hydroxyl groups excluding tert-OH is 1. The van der Waals surface area contributed by atoms with E-state index in [2.05, 4.69) is 6.58 Å². The van der Waals surface area contributed by atoms with Crippen molar-refractivity contribution in [3.8, 4) is 0 Å². The van der Waals surface area contributed by atoms with E-state index in [1.807, 2.05) is 30.3 Å². The molecular weight excluding hydrogens is 232 g/mol. The fourth-order valence-electron chi connectivity index (χ4n) is 1.87. The first kappa shape index (κ1) is 14.3. The molecule has 1 atom stereocenters. The number of rotatable bonds is 8. The van der Waals surface area contributed by atoms with Gasteiger partial charge in [-0.1, -0.05) is 48.7 Å². The minimum atomic E-state index is -0.279. The normalized spacial score (nSPS) is 12.4. The van der Waals surface area contributed by atoms with Crippen LogP contribution in [0.25, 0.3) is 0 Å². The highest BCUT2D eigenvalue weighted by Gasteiger charge is 2.07. The lowest BCUT2D eigenvalue weighted by atomic mass is 10.0. The molecule has 0 bridgehead atoms. The van der Waals surface area contributed by atoms with E-state index in [0.717, 1.165) is 36.3 Å². The molecule has 2 heteroatoms. The number of hydrogen-bond donors (Lipinski definition) is 1. The zero-order chi connectivity index (χ0) is 12.5. The van der Waals surface area contributed by atoms with Crippen LogP contribution in [-0.2, 0) is 6.42 Å². The molecule has 0 spiro atoms. The Morgan fingerprint density at radius 1 is 1.24 bits per heavy atom. The molecule has 0 amide bonds. The standard InChI is InChI=1S/C15H21ClO/c1-2-3-4-5-6-10-14(17)12-13-9-7-8-11-15(13)16/h2,7-9,11,14,17H,1,3-6,10,12H2. The fraction of sp³-hybridized carbons (Fsp3) is 0.467. The van der Waals surface area contributed by atoms with Crippen LogP contribution < -0.4 is 0 Å². The predicted molar refractivity (Wildman–Crippen MR) is 74.4 cm³/mol. The van der Waals surface area contributed by atoms with E-state index in [1.165, 1.54) is 6.42 Å². The molecular formula is C15H21ClO. The van der Waals surface area contributed by atoms with E-state index in [0.29, 0.717) is 6.42 Å². The summed E-state index contributed by atoms with van der Waals surface area (Å²) in [5.74, 6) is 0. The van der Waals surface area contributed by atoms with Crippen molar-refractivity contribution in [3.05, 3.63) is 47.5 Å². The Kier molecular flexibility index (Phi) is 6.99. The first-order valence-electron chi connectivity index (χ1n) is 6.26. The second kappa shape index (κ2) is 8.32. The van der Waals surface area contributed by atoms with Gasteiger partial charge in [0, 0.05) is 5.02 Å². The molecule has 1 aromatic rings. The van der Waals surface area contributed by atoms with Crippen LogP contribution >= 0.6 is 11.6 Å². The highest BCUT2D eigenvalue weighted by Crippen LogP contribution is 2.18. The summed E-state index contributed by atoms with van der Waals surface area (Å²) < 4.78 is 0. The van der Waals surface area contributed by atoms with Crippen molar-refractivity contribution >= 4 is 11.6 Å². The minimum absolute atomic E-state index is 0.279. The lowest BCUT2D eigenvalue weighted by Gasteiger charge is -2.11. The average Bonchev–Trinajstić information content (AvgIpc) is 2.32. The molecule has 94 valence electrons. The molecule has 1 unspecified atom stereocenters. The third-order valence-corrected chi connectivity index (χ3v) is 3.23. The first-order valence-corrected chi connectivity index (χ1v) is 6.64. The van der Waals surface area contributed by atoms with Crippen LogP contribution in [0.4, 0.5) is 0 Å². The van der Waals surface area contributed by atoms with Crippen LogP contribution in [0, 0.1) is 0 Å². The molecule has 0 aliphatic rings. The van der Waals surface area contributed by atoms with Gasteiger partial charge in [0.15, 0.2) is 0 Å². The van der Waals surface area contributed by atoms with Gasteiger partial charge in [-0.15, -0.1) is 6.58 Å². The molecule has 1 N–H and O–H groups in total.